The van der Waals surface area contributed by atoms with Gasteiger partial charge in [-0.1, -0.05) is 12.5 Å². The SMILES string of the molecule is Cc1ccc(NC(=O)COC(=O)c2ccc[nH]c2=O)c(S(=O)(=O)N2CCCCC2)c1. The number of pyridine rings is 1. The van der Waals surface area contributed by atoms with E-state index in [4.69, 9.17) is 4.74 Å². The summed E-state index contributed by atoms with van der Waals surface area (Å²) in [6.45, 7) is 1.98. The molecule has 3 rings (SSSR count). The van der Waals surface area contributed by atoms with Gasteiger partial charge < -0.3 is 15.0 Å². The van der Waals surface area contributed by atoms with E-state index in [2.05, 4.69) is 10.3 Å². The van der Waals surface area contributed by atoms with E-state index in [0.29, 0.717) is 13.1 Å². The Kier molecular flexibility index (Phi) is 6.68. The maximum Gasteiger partial charge on any atom is 0.344 e. The van der Waals surface area contributed by atoms with Gasteiger partial charge in [-0.05, 0) is 49.6 Å². The van der Waals surface area contributed by atoms with Crippen molar-refractivity contribution >= 4 is 27.6 Å². The molecule has 1 aromatic heterocycles. The number of ether oxygens (including phenoxy) is 1. The molecule has 0 bridgehead atoms. The molecule has 0 spiro atoms. The molecule has 30 heavy (non-hydrogen) atoms. The van der Waals surface area contributed by atoms with Crippen molar-refractivity contribution in [1.82, 2.24) is 9.29 Å². The fourth-order valence-electron chi connectivity index (χ4n) is 3.17. The molecule has 1 aliphatic heterocycles. The minimum Gasteiger partial charge on any atom is -0.452 e. The summed E-state index contributed by atoms with van der Waals surface area (Å²) in [7, 11) is -3.78. The zero-order valence-electron chi connectivity index (χ0n) is 16.5. The number of aromatic nitrogens is 1. The van der Waals surface area contributed by atoms with Gasteiger partial charge in [0.1, 0.15) is 10.5 Å². The Morgan fingerprint density at radius 1 is 1.17 bits per heavy atom. The molecule has 2 N–H and O–H groups in total. The number of H-pyrrole nitrogens is 1. The van der Waals surface area contributed by atoms with Crippen LogP contribution in [0, 0.1) is 6.92 Å². The number of nitrogens with one attached hydrogen (secondary N) is 2. The van der Waals surface area contributed by atoms with E-state index in [1.807, 2.05) is 0 Å². The highest BCUT2D eigenvalue weighted by atomic mass is 32.2. The second kappa shape index (κ2) is 9.23. The van der Waals surface area contributed by atoms with Crippen LogP contribution in [0.15, 0.2) is 46.2 Å². The summed E-state index contributed by atoms with van der Waals surface area (Å²) in [6.07, 6.45) is 3.94. The predicted octanol–water partition coefficient (Wildman–Crippen LogP) is 1.65. The predicted molar refractivity (Wildman–Crippen MR) is 110 cm³/mol. The summed E-state index contributed by atoms with van der Waals surface area (Å²) in [5, 5.41) is 2.50. The lowest BCUT2D eigenvalue weighted by atomic mass is 10.2. The zero-order chi connectivity index (χ0) is 21.7. The summed E-state index contributed by atoms with van der Waals surface area (Å²) in [6, 6.07) is 7.44. The van der Waals surface area contributed by atoms with Crippen LogP contribution in [0.2, 0.25) is 0 Å². The van der Waals surface area contributed by atoms with Crippen molar-refractivity contribution in [3.8, 4) is 0 Å². The second-order valence-corrected chi connectivity index (χ2v) is 8.91. The number of hydrogen-bond acceptors (Lipinski definition) is 6. The monoisotopic (exact) mass is 433 g/mol. The van der Waals surface area contributed by atoms with Crippen LogP contribution in [0.25, 0.3) is 0 Å². The van der Waals surface area contributed by atoms with Gasteiger partial charge in [0.2, 0.25) is 10.0 Å². The third-order valence-electron chi connectivity index (χ3n) is 4.72. The third kappa shape index (κ3) is 4.95. The van der Waals surface area contributed by atoms with E-state index in [9.17, 15) is 22.8 Å². The minimum absolute atomic E-state index is 0.00332. The van der Waals surface area contributed by atoms with Crippen molar-refractivity contribution in [1.29, 1.82) is 0 Å². The van der Waals surface area contributed by atoms with E-state index in [1.165, 1.54) is 34.8 Å². The number of aryl methyl sites for hydroxylation is 1. The van der Waals surface area contributed by atoms with Crippen LogP contribution in [0.3, 0.4) is 0 Å². The van der Waals surface area contributed by atoms with Gasteiger partial charge in [0, 0.05) is 19.3 Å². The summed E-state index contributed by atoms with van der Waals surface area (Å²) in [5.74, 6) is -1.66. The van der Waals surface area contributed by atoms with Gasteiger partial charge in [-0.15, -0.1) is 0 Å². The number of aromatic amines is 1. The first-order chi connectivity index (χ1) is 14.3. The summed E-state index contributed by atoms with van der Waals surface area (Å²) in [5.41, 5.74) is -0.00606. The van der Waals surface area contributed by atoms with Crippen LogP contribution >= 0.6 is 0 Å². The normalized spacial score (nSPS) is 14.8. The number of amides is 1. The lowest BCUT2D eigenvalue weighted by Crippen LogP contribution is -2.36. The summed E-state index contributed by atoms with van der Waals surface area (Å²) in [4.78, 5) is 38.2. The molecular formula is C20H23N3O6S. The Morgan fingerprint density at radius 2 is 1.90 bits per heavy atom. The molecule has 0 saturated carbocycles. The van der Waals surface area contributed by atoms with Gasteiger partial charge in [0.15, 0.2) is 6.61 Å². The number of carbonyl (C=O) groups excluding carboxylic acids is 2. The summed E-state index contributed by atoms with van der Waals surface area (Å²) >= 11 is 0. The maximum absolute atomic E-state index is 13.1. The van der Waals surface area contributed by atoms with Gasteiger partial charge in [-0.25, -0.2) is 13.2 Å². The number of anilines is 1. The van der Waals surface area contributed by atoms with E-state index < -0.39 is 34.1 Å². The van der Waals surface area contributed by atoms with E-state index in [0.717, 1.165) is 24.8 Å². The number of piperidine rings is 1. The molecular weight excluding hydrogens is 410 g/mol. The van der Waals surface area contributed by atoms with Crippen molar-refractivity contribution in [2.24, 2.45) is 0 Å². The van der Waals surface area contributed by atoms with Crippen molar-refractivity contribution in [2.45, 2.75) is 31.1 Å². The average Bonchev–Trinajstić information content (AvgIpc) is 2.74. The highest BCUT2D eigenvalue weighted by Gasteiger charge is 2.29. The van der Waals surface area contributed by atoms with Crippen molar-refractivity contribution < 1.29 is 22.7 Å². The van der Waals surface area contributed by atoms with E-state index in [-0.39, 0.29) is 16.1 Å². The van der Waals surface area contributed by atoms with E-state index in [1.54, 1.807) is 13.0 Å². The van der Waals surface area contributed by atoms with Gasteiger partial charge in [0.05, 0.1) is 5.69 Å². The fraction of sp³-hybridized carbons (Fsp3) is 0.350. The number of benzene rings is 1. The van der Waals surface area contributed by atoms with Crippen LogP contribution in [0.1, 0.15) is 35.2 Å². The molecule has 1 aliphatic rings. The number of carbonyl (C=O) groups is 2. The number of rotatable bonds is 6. The Hall–Kier alpha value is -2.98. The number of esters is 1. The van der Waals surface area contributed by atoms with E-state index >= 15 is 0 Å². The molecule has 1 aromatic carbocycles. The first-order valence-electron chi connectivity index (χ1n) is 9.54. The summed E-state index contributed by atoms with van der Waals surface area (Å²) < 4.78 is 32.5. The molecule has 1 amide bonds. The average molecular weight is 433 g/mol. The van der Waals surface area contributed by atoms with Crippen LogP contribution in [0.4, 0.5) is 5.69 Å². The first-order valence-corrected chi connectivity index (χ1v) is 11.0. The Bertz CT molecular complexity index is 1100. The molecule has 0 atom stereocenters. The fourth-order valence-corrected chi connectivity index (χ4v) is 4.92. The quantitative estimate of drug-likeness (QED) is 0.667. The Labute approximate surface area is 174 Å². The molecule has 9 nitrogen and oxygen atoms in total. The molecule has 1 fully saturated rings. The second-order valence-electron chi connectivity index (χ2n) is 7.00. The van der Waals surface area contributed by atoms with Gasteiger partial charge in [-0.3, -0.25) is 9.59 Å². The van der Waals surface area contributed by atoms with Crippen LogP contribution in [0.5, 0.6) is 0 Å². The smallest absolute Gasteiger partial charge is 0.344 e. The van der Waals surface area contributed by atoms with Crippen LogP contribution in [-0.4, -0.2) is 49.3 Å². The first kappa shape index (κ1) is 21.7. The third-order valence-corrected chi connectivity index (χ3v) is 6.66. The highest BCUT2D eigenvalue weighted by molar-refractivity contribution is 7.89. The standard InChI is InChI=1S/C20H23N3O6S/c1-14-7-8-16(17(12-14)30(27,28)23-10-3-2-4-11-23)22-18(24)13-29-20(26)15-6-5-9-21-19(15)25/h5-9,12H,2-4,10-11,13H2,1H3,(H,21,25)(H,22,24). The van der Waals surface area contributed by atoms with Crippen LogP contribution < -0.4 is 10.9 Å². The molecule has 0 unspecified atom stereocenters. The van der Waals surface area contributed by atoms with Gasteiger partial charge in [0.25, 0.3) is 11.5 Å². The van der Waals surface area contributed by atoms with Gasteiger partial charge >= 0.3 is 5.97 Å². The molecule has 0 aliphatic carbocycles. The number of sulfonamides is 1. The Morgan fingerprint density at radius 3 is 2.60 bits per heavy atom. The zero-order valence-corrected chi connectivity index (χ0v) is 17.3. The van der Waals surface area contributed by atoms with Gasteiger partial charge in [-0.2, -0.15) is 4.31 Å². The Balaban J connectivity index is 1.73. The van der Waals surface area contributed by atoms with Crippen LogP contribution in [-0.2, 0) is 19.6 Å². The van der Waals surface area contributed by atoms with Crippen molar-refractivity contribution in [3.63, 3.8) is 0 Å². The minimum atomic E-state index is -3.78. The molecule has 0 radical (unpaired) electrons. The molecule has 10 heteroatoms. The lowest BCUT2D eigenvalue weighted by Gasteiger charge is -2.27. The topological polar surface area (TPSA) is 126 Å². The lowest BCUT2D eigenvalue weighted by molar-refractivity contribution is -0.119. The molecule has 1 saturated heterocycles. The largest absolute Gasteiger partial charge is 0.452 e. The molecule has 2 heterocycles. The van der Waals surface area contributed by atoms with Crippen molar-refractivity contribution in [3.05, 3.63) is 58.0 Å². The van der Waals surface area contributed by atoms with Crippen molar-refractivity contribution in [2.75, 3.05) is 25.0 Å². The number of hydrogen-bond donors (Lipinski definition) is 2. The maximum atomic E-state index is 13.1. The molecule has 2 aromatic rings. The molecule has 160 valence electrons. The number of nitrogens with zero attached hydrogens (tertiary/aromatic N) is 1. The highest BCUT2D eigenvalue weighted by Crippen LogP contribution is 2.28.